The summed E-state index contributed by atoms with van der Waals surface area (Å²) in [6, 6.07) is 12.1. The van der Waals surface area contributed by atoms with Gasteiger partial charge in [-0.05, 0) is 30.8 Å². The number of hydrogen-bond donors (Lipinski definition) is 1. The SMILES string of the molecule is CN1CCN([C@@H](CNS(=O)(=O)c2ccc3c(c2)OCCO3)c2ccccc2Cl)CC1. The minimum atomic E-state index is -3.72. The summed E-state index contributed by atoms with van der Waals surface area (Å²) in [7, 11) is -1.64. The molecule has 0 bridgehead atoms. The summed E-state index contributed by atoms with van der Waals surface area (Å²) < 4.78 is 39.8. The quantitative estimate of drug-likeness (QED) is 0.727. The first-order valence-corrected chi connectivity index (χ1v) is 11.9. The summed E-state index contributed by atoms with van der Waals surface area (Å²) in [5, 5.41) is 0.639. The number of nitrogens with zero attached hydrogens (tertiary/aromatic N) is 2. The molecular weight excluding hydrogens is 426 g/mol. The smallest absolute Gasteiger partial charge is 0.240 e. The molecule has 2 aromatic carbocycles. The van der Waals surface area contributed by atoms with E-state index in [2.05, 4.69) is 21.6 Å². The van der Waals surface area contributed by atoms with E-state index in [4.69, 9.17) is 21.1 Å². The molecule has 7 nitrogen and oxygen atoms in total. The van der Waals surface area contributed by atoms with Crippen molar-refractivity contribution in [1.82, 2.24) is 14.5 Å². The molecule has 1 N–H and O–H groups in total. The molecule has 1 saturated heterocycles. The Morgan fingerprint density at radius 2 is 1.73 bits per heavy atom. The standard InChI is InChI=1S/C21H26ClN3O4S/c1-24-8-10-25(11-9-24)19(17-4-2-3-5-18(17)22)15-23-30(26,27)16-6-7-20-21(14-16)29-13-12-28-20/h2-7,14,19,23H,8-13,15H2,1H3/t19-/m0/s1. The van der Waals surface area contributed by atoms with Gasteiger partial charge in [0, 0.05) is 49.9 Å². The molecule has 1 atom stereocenters. The van der Waals surface area contributed by atoms with Crippen molar-refractivity contribution < 1.29 is 17.9 Å². The van der Waals surface area contributed by atoms with E-state index < -0.39 is 10.0 Å². The molecule has 0 saturated carbocycles. The number of sulfonamides is 1. The average molecular weight is 452 g/mol. The first-order chi connectivity index (χ1) is 14.4. The molecule has 2 heterocycles. The Kier molecular flexibility index (Phi) is 6.50. The number of piperazine rings is 1. The number of nitrogens with one attached hydrogen (secondary N) is 1. The zero-order valence-electron chi connectivity index (χ0n) is 16.9. The first kappa shape index (κ1) is 21.4. The van der Waals surface area contributed by atoms with Crippen molar-refractivity contribution in [2.75, 3.05) is 53.0 Å². The Bertz CT molecular complexity index is 993. The number of rotatable bonds is 6. The van der Waals surface area contributed by atoms with Crippen molar-refractivity contribution in [1.29, 1.82) is 0 Å². The number of benzene rings is 2. The number of likely N-dealkylation sites (N-methyl/N-ethyl adjacent to an activating group) is 1. The monoisotopic (exact) mass is 451 g/mol. The Morgan fingerprint density at radius 1 is 1.03 bits per heavy atom. The maximum Gasteiger partial charge on any atom is 0.240 e. The predicted molar refractivity (Wildman–Crippen MR) is 116 cm³/mol. The molecule has 162 valence electrons. The van der Waals surface area contributed by atoms with Crippen molar-refractivity contribution in [3.8, 4) is 11.5 Å². The van der Waals surface area contributed by atoms with E-state index in [1.54, 1.807) is 6.07 Å². The summed E-state index contributed by atoms with van der Waals surface area (Å²) >= 11 is 6.47. The third kappa shape index (κ3) is 4.73. The van der Waals surface area contributed by atoms with E-state index in [1.807, 2.05) is 24.3 Å². The van der Waals surface area contributed by atoms with Crippen LogP contribution in [0.5, 0.6) is 11.5 Å². The van der Waals surface area contributed by atoms with E-state index in [9.17, 15) is 8.42 Å². The highest BCUT2D eigenvalue weighted by atomic mass is 35.5. The molecule has 0 radical (unpaired) electrons. The molecule has 0 spiro atoms. The fourth-order valence-corrected chi connectivity index (χ4v) is 5.09. The van der Waals surface area contributed by atoms with Crippen LogP contribution in [0.1, 0.15) is 11.6 Å². The fourth-order valence-electron chi connectivity index (χ4n) is 3.78. The summed E-state index contributed by atoms with van der Waals surface area (Å²) in [5.41, 5.74) is 0.925. The normalized spacial score (nSPS) is 18.9. The zero-order chi connectivity index (χ0) is 21.1. The molecule has 0 aromatic heterocycles. The van der Waals surface area contributed by atoms with Crippen molar-refractivity contribution in [2.24, 2.45) is 0 Å². The summed E-state index contributed by atoms with van der Waals surface area (Å²) in [5.74, 6) is 1.01. The fraction of sp³-hybridized carbons (Fsp3) is 0.429. The predicted octanol–water partition coefficient (Wildman–Crippen LogP) is 2.38. The van der Waals surface area contributed by atoms with Gasteiger partial charge in [-0.2, -0.15) is 0 Å². The summed E-state index contributed by atoms with van der Waals surface area (Å²) in [6.07, 6.45) is 0. The van der Waals surface area contributed by atoms with Crippen LogP contribution in [0.15, 0.2) is 47.4 Å². The van der Waals surface area contributed by atoms with E-state index >= 15 is 0 Å². The maximum absolute atomic E-state index is 13.0. The van der Waals surface area contributed by atoms with Crippen LogP contribution in [0.3, 0.4) is 0 Å². The molecule has 0 aliphatic carbocycles. The molecule has 2 aliphatic rings. The van der Waals surface area contributed by atoms with Crippen LogP contribution in [0.25, 0.3) is 0 Å². The third-order valence-electron chi connectivity index (χ3n) is 5.53. The lowest BCUT2D eigenvalue weighted by Gasteiger charge is -2.38. The number of hydrogen-bond acceptors (Lipinski definition) is 6. The molecule has 1 fully saturated rings. The van der Waals surface area contributed by atoms with E-state index in [0.717, 1.165) is 31.7 Å². The zero-order valence-corrected chi connectivity index (χ0v) is 18.5. The molecule has 4 rings (SSSR count). The topological polar surface area (TPSA) is 71.1 Å². The van der Waals surface area contributed by atoms with Crippen LogP contribution in [0.2, 0.25) is 5.02 Å². The van der Waals surface area contributed by atoms with Gasteiger partial charge in [0.05, 0.1) is 4.90 Å². The van der Waals surface area contributed by atoms with Gasteiger partial charge in [0.2, 0.25) is 10.0 Å². The number of ether oxygens (including phenoxy) is 2. The Balaban J connectivity index is 1.55. The minimum absolute atomic E-state index is 0.153. The van der Waals surface area contributed by atoms with Crippen LogP contribution < -0.4 is 14.2 Å². The second kappa shape index (κ2) is 9.11. The first-order valence-electron chi connectivity index (χ1n) is 10.0. The Hall–Kier alpha value is -1.84. The van der Waals surface area contributed by atoms with E-state index in [-0.39, 0.29) is 17.5 Å². The lowest BCUT2D eigenvalue weighted by atomic mass is 10.0. The molecular formula is C21H26ClN3O4S. The summed E-state index contributed by atoms with van der Waals surface area (Å²) in [6.45, 7) is 4.63. The van der Waals surface area contributed by atoms with E-state index in [1.165, 1.54) is 12.1 Å². The molecule has 0 amide bonds. The van der Waals surface area contributed by atoms with Gasteiger partial charge in [0.1, 0.15) is 13.2 Å². The Morgan fingerprint density at radius 3 is 2.47 bits per heavy atom. The number of halogens is 1. The molecule has 0 unspecified atom stereocenters. The van der Waals surface area contributed by atoms with Crippen LogP contribution >= 0.6 is 11.6 Å². The average Bonchev–Trinajstić information content (AvgIpc) is 2.76. The van der Waals surface area contributed by atoms with Crippen molar-refractivity contribution in [2.45, 2.75) is 10.9 Å². The van der Waals surface area contributed by atoms with Crippen molar-refractivity contribution in [3.05, 3.63) is 53.1 Å². The molecule has 2 aromatic rings. The van der Waals surface area contributed by atoms with Crippen LogP contribution in [-0.2, 0) is 10.0 Å². The van der Waals surface area contributed by atoms with Gasteiger partial charge < -0.3 is 14.4 Å². The van der Waals surface area contributed by atoms with Crippen molar-refractivity contribution >= 4 is 21.6 Å². The van der Waals surface area contributed by atoms with Gasteiger partial charge in [-0.1, -0.05) is 29.8 Å². The van der Waals surface area contributed by atoms with Gasteiger partial charge in [-0.3, -0.25) is 4.90 Å². The van der Waals surface area contributed by atoms with Gasteiger partial charge in [0.15, 0.2) is 11.5 Å². The summed E-state index contributed by atoms with van der Waals surface area (Å²) in [4.78, 5) is 4.70. The highest BCUT2D eigenvalue weighted by molar-refractivity contribution is 7.89. The highest BCUT2D eigenvalue weighted by Gasteiger charge is 2.28. The second-order valence-corrected chi connectivity index (χ2v) is 9.71. The minimum Gasteiger partial charge on any atom is -0.486 e. The third-order valence-corrected chi connectivity index (χ3v) is 7.30. The number of fused-ring (bicyclic) bond motifs is 1. The van der Waals surface area contributed by atoms with Gasteiger partial charge >= 0.3 is 0 Å². The second-order valence-electron chi connectivity index (χ2n) is 7.53. The largest absolute Gasteiger partial charge is 0.486 e. The molecule has 9 heteroatoms. The van der Waals surface area contributed by atoms with E-state index in [0.29, 0.717) is 29.7 Å². The van der Waals surface area contributed by atoms with Gasteiger partial charge in [-0.15, -0.1) is 0 Å². The Labute approximate surface area is 182 Å². The van der Waals surface area contributed by atoms with Gasteiger partial charge in [-0.25, -0.2) is 13.1 Å². The molecule has 2 aliphatic heterocycles. The maximum atomic E-state index is 13.0. The lowest BCUT2D eigenvalue weighted by molar-refractivity contribution is 0.113. The lowest BCUT2D eigenvalue weighted by Crippen LogP contribution is -2.48. The highest BCUT2D eigenvalue weighted by Crippen LogP contribution is 2.33. The van der Waals surface area contributed by atoms with Gasteiger partial charge in [0.25, 0.3) is 0 Å². The van der Waals surface area contributed by atoms with Crippen molar-refractivity contribution in [3.63, 3.8) is 0 Å². The van der Waals surface area contributed by atoms with Crippen LogP contribution in [0.4, 0.5) is 0 Å². The molecule has 30 heavy (non-hydrogen) atoms. The van der Waals surface area contributed by atoms with Crippen LogP contribution in [0, 0.1) is 0 Å². The van der Waals surface area contributed by atoms with Crippen LogP contribution in [-0.4, -0.2) is 71.2 Å².